The minimum Gasteiger partial charge on any atom is -0.297 e. The van der Waals surface area contributed by atoms with Gasteiger partial charge in [-0.1, -0.05) is 65.3 Å². The van der Waals surface area contributed by atoms with Crippen molar-refractivity contribution in [1.29, 1.82) is 0 Å². The van der Waals surface area contributed by atoms with Crippen LogP contribution in [0.15, 0.2) is 84.1 Å². The van der Waals surface area contributed by atoms with Crippen molar-refractivity contribution in [2.45, 2.75) is 0 Å². The fourth-order valence-electron chi connectivity index (χ4n) is 2.13. The van der Waals surface area contributed by atoms with Gasteiger partial charge in [-0.25, -0.2) is 4.79 Å². The molecule has 0 radical (unpaired) electrons. The number of hydrogen-bond donors (Lipinski definition) is 1. The minimum absolute atomic E-state index is 0.413. The average Bonchev–Trinajstić information content (AvgIpc) is 2.66. The van der Waals surface area contributed by atoms with E-state index >= 15 is 0 Å². The van der Waals surface area contributed by atoms with Gasteiger partial charge in [-0.15, -0.1) is 0 Å². The third-order valence-electron chi connectivity index (χ3n) is 3.29. The Morgan fingerprint density at radius 3 is 2.40 bits per heavy atom. The van der Waals surface area contributed by atoms with Gasteiger partial charge in [-0.05, 0) is 24.3 Å². The lowest BCUT2D eigenvalue weighted by Gasteiger charge is -2.07. The Kier molecular flexibility index (Phi) is 5.39. The van der Waals surface area contributed by atoms with E-state index in [0.29, 0.717) is 22.1 Å². The SMILES string of the molecule is O=C(Nc1ccccc1Cl)ON=C(c1ccccc1)c1ccccn1. The van der Waals surface area contributed by atoms with E-state index in [-0.39, 0.29) is 0 Å². The van der Waals surface area contributed by atoms with Crippen molar-refractivity contribution in [1.82, 2.24) is 4.98 Å². The quantitative estimate of drug-likeness (QED) is 0.419. The number of carbonyl (C=O) groups excluding carboxylic acids is 1. The molecule has 1 aromatic heterocycles. The van der Waals surface area contributed by atoms with Gasteiger partial charge in [0, 0.05) is 11.8 Å². The second kappa shape index (κ2) is 8.08. The Hall–Kier alpha value is -3.18. The van der Waals surface area contributed by atoms with Crippen LogP contribution in [0.3, 0.4) is 0 Å². The standard InChI is InChI=1S/C19H14ClN3O2/c20-15-10-4-5-11-16(15)22-19(24)25-23-18(14-8-2-1-3-9-14)17-12-6-7-13-21-17/h1-13H,(H,22,24). The summed E-state index contributed by atoms with van der Waals surface area (Å²) < 4.78 is 0. The molecule has 25 heavy (non-hydrogen) atoms. The molecule has 0 saturated carbocycles. The van der Waals surface area contributed by atoms with E-state index in [0.717, 1.165) is 5.56 Å². The molecule has 1 heterocycles. The molecule has 5 nitrogen and oxygen atoms in total. The smallest absolute Gasteiger partial charge is 0.297 e. The van der Waals surface area contributed by atoms with Gasteiger partial charge in [0.1, 0.15) is 5.71 Å². The molecule has 0 unspecified atom stereocenters. The zero-order chi connectivity index (χ0) is 17.5. The number of nitrogens with zero attached hydrogens (tertiary/aromatic N) is 2. The van der Waals surface area contributed by atoms with Gasteiger partial charge in [0.25, 0.3) is 0 Å². The molecule has 2 aromatic carbocycles. The number of carbonyl (C=O) groups is 1. The van der Waals surface area contributed by atoms with Crippen LogP contribution >= 0.6 is 11.6 Å². The molecule has 0 bridgehead atoms. The second-order valence-electron chi connectivity index (χ2n) is 5.00. The minimum atomic E-state index is -0.738. The molecule has 0 aliphatic heterocycles. The number of para-hydroxylation sites is 1. The lowest BCUT2D eigenvalue weighted by molar-refractivity contribution is 0.166. The first kappa shape index (κ1) is 16.7. The van der Waals surface area contributed by atoms with Gasteiger partial charge < -0.3 is 0 Å². The van der Waals surface area contributed by atoms with Crippen molar-refractivity contribution in [3.05, 3.63) is 95.3 Å². The molecule has 0 spiro atoms. The van der Waals surface area contributed by atoms with Crippen LogP contribution in [0.1, 0.15) is 11.3 Å². The summed E-state index contributed by atoms with van der Waals surface area (Å²) in [7, 11) is 0. The first-order valence-corrected chi connectivity index (χ1v) is 7.89. The van der Waals surface area contributed by atoms with Crippen molar-refractivity contribution in [2.75, 3.05) is 5.32 Å². The number of hydrogen-bond acceptors (Lipinski definition) is 4. The molecule has 6 heteroatoms. The highest BCUT2D eigenvalue weighted by Gasteiger charge is 2.11. The second-order valence-corrected chi connectivity index (χ2v) is 5.41. The van der Waals surface area contributed by atoms with Crippen molar-refractivity contribution < 1.29 is 9.63 Å². The molecule has 0 saturated heterocycles. The van der Waals surface area contributed by atoms with E-state index in [1.54, 1.807) is 42.6 Å². The molecule has 0 aliphatic rings. The van der Waals surface area contributed by atoms with Crippen LogP contribution in [-0.2, 0) is 4.84 Å². The topological polar surface area (TPSA) is 63.6 Å². The maximum Gasteiger partial charge on any atom is 0.437 e. The first-order chi connectivity index (χ1) is 12.2. The van der Waals surface area contributed by atoms with Crippen molar-refractivity contribution in [3.8, 4) is 0 Å². The zero-order valence-corrected chi connectivity index (χ0v) is 13.9. The predicted octanol–water partition coefficient (Wildman–Crippen LogP) is 4.74. The van der Waals surface area contributed by atoms with Crippen LogP contribution < -0.4 is 5.32 Å². The summed E-state index contributed by atoms with van der Waals surface area (Å²) in [5, 5.41) is 6.95. The molecule has 1 amide bonds. The first-order valence-electron chi connectivity index (χ1n) is 7.51. The third-order valence-corrected chi connectivity index (χ3v) is 3.61. The maximum atomic E-state index is 12.0. The summed E-state index contributed by atoms with van der Waals surface area (Å²) in [6.45, 7) is 0. The van der Waals surface area contributed by atoms with Gasteiger partial charge in [0.2, 0.25) is 0 Å². The van der Waals surface area contributed by atoms with E-state index in [4.69, 9.17) is 16.4 Å². The number of rotatable bonds is 4. The van der Waals surface area contributed by atoms with Crippen LogP contribution in [0.4, 0.5) is 10.5 Å². The van der Waals surface area contributed by atoms with Gasteiger partial charge in [-0.3, -0.25) is 15.1 Å². The molecular formula is C19H14ClN3O2. The summed E-state index contributed by atoms with van der Waals surface area (Å²) >= 11 is 6.01. The molecule has 1 N–H and O–H groups in total. The predicted molar refractivity (Wildman–Crippen MR) is 97.9 cm³/mol. The number of amides is 1. The Balaban J connectivity index is 1.82. The Bertz CT molecular complexity index is 842. The largest absolute Gasteiger partial charge is 0.437 e. The maximum absolute atomic E-state index is 12.0. The fraction of sp³-hybridized carbons (Fsp3) is 0. The molecule has 124 valence electrons. The van der Waals surface area contributed by atoms with Crippen molar-refractivity contribution in [3.63, 3.8) is 0 Å². The van der Waals surface area contributed by atoms with Crippen LogP contribution in [0.5, 0.6) is 0 Å². The summed E-state index contributed by atoms with van der Waals surface area (Å²) in [6.07, 6.45) is 0.912. The number of halogens is 1. The number of anilines is 1. The molecule has 0 atom stereocenters. The van der Waals surface area contributed by atoms with Crippen LogP contribution in [0.25, 0.3) is 0 Å². The van der Waals surface area contributed by atoms with Crippen molar-refractivity contribution >= 4 is 29.1 Å². The lowest BCUT2D eigenvalue weighted by atomic mass is 10.1. The van der Waals surface area contributed by atoms with Gasteiger partial charge in [0.05, 0.1) is 16.4 Å². The molecule has 3 aromatic rings. The van der Waals surface area contributed by atoms with Gasteiger partial charge in [-0.2, -0.15) is 0 Å². The monoisotopic (exact) mass is 351 g/mol. The summed E-state index contributed by atoms with van der Waals surface area (Å²) in [4.78, 5) is 21.3. The Morgan fingerprint density at radius 1 is 0.960 bits per heavy atom. The molecule has 0 fully saturated rings. The number of nitrogens with one attached hydrogen (secondary N) is 1. The van der Waals surface area contributed by atoms with Gasteiger partial charge in [0.15, 0.2) is 0 Å². The average molecular weight is 352 g/mol. The molecular weight excluding hydrogens is 338 g/mol. The van der Waals surface area contributed by atoms with Crippen LogP contribution in [-0.4, -0.2) is 16.8 Å². The number of aromatic nitrogens is 1. The third kappa shape index (κ3) is 4.43. The summed E-state index contributed by atoms with van der Waals surface area (Å²) in [5.41, 5.74) is 2.28. The zero-order valence-electron chi connectivity index (χ0n) is 13.1. The van der Waals surface area contributed by atoms with E-state index in [1.807, 2.05) is 36.4 Å². The van der Waals surface area contributed by atoms with Crippen molar-refractivity contribution in [2.24, 2.45) is 5.16 Å². The van der Waals surface area contributed by atoms with E-state index in [2.05, 4.69) is 15.5 Å². The molecule has 3 rings (SSSR count). The number of oxime groups is 1. The Labute approximate surface area is 149 Å². The van der Waals surface area contributed by atoms with E-state index in [1.165, 1.54) is 0 Å². The highest BCUT2D eigenvalue weighted by atomic mass is 35.5. The number of benzene rings is 2. The van der Waals surface area contributed by atoms with Gasteiger partial charge >= 0.3 is 6.09 Å². The number of pyridine rings is 1. The fourth-order valence-corrected chi connectivity index (χ4v) is 2.31. The highest BCUT2D eigenvalue weighted by molar-refractivity contribution is 6.33. The summed E-state index contributed by atoms with van der Waals surface area (Å²) in [6, 6.07) is 21.7. The van der Waals surface area contributed by atoms with E-state index < -0.39 is 6.09 Å². The molecule has 0 aliphatic carbocycles. The van der Waals surface area contributed by atoms with Crippen LogP contribution in [0, 0.1) is 0 Å². The normalized spacial score (nSPS) is 11.0. The lowest BCUT2D eigenvalue weighted by Crippen LogP contribution is -2.14. The summed E-state index contributed by atoms with van der Waals surface area (Å²) in [5.74, 6) is 0. The Morgan fingerprint density at radius 2 is 1.68 bits per heavy atom. The highest BCUT2D eigenvalue weighted by Crippen LogP contribution is 2.20. The van der Waals surface area contributed by atoms with E-state index in [9.17, 15) is 4.79 Å². The van der Waals surface area contributed by atoms with Crippen LogP contribution in [0.2, 0.25) is 5.02 Å².